The lowest BCUT2D eigenvalue weighted by Gasteiger charge is -2.20. The van der Waals surface area contributed by atoms with E-state index in [1.165, 1.54) is 0 Å². The number of carbonyl (C=O) groups is 1. The van der Waals surface area contributed by atoms with Crippen molar-refractivity contribution in [2.45, 2.75) is 45.3 Å². The van der Waals surface area contributed by atoms with E-state index in [9.17, 15) is 4.79 Å². The van der Waals surface area contributed by atoms with Crippen LogP contribution < -0.4 is 19.7 Å². The molecule has 1 aliphatic heterocycles. The Balaban J connectivity index is 1.30. The van der Waals surface area contributed by atoms with Crippen LogP contribution in [0.4, 0.5) is 5.69 Å². The molecular weight excluding hydrogens is 366 g/mol. The van der Waals surface area contributed by atoms with Gasteiger partial charge in [-0.2, -0.15) is 0 Å². The Hall–Kier alpha value is -2.76. The van der Waals surface area contributed by atoms with Gasteiger partial charge in [0, 0.05) is 36.8 Å². The van der Waals surface area contributed by atoms with Crippen molar-refractivity contribution in [3.63, 3.8) is 0 Å². The first-order chi connectivity index (χ1) is 14.1. The number of benzene rings is 1. The van der Waals surface area contributed by atoms with Crippen molar-refractivity contribution in [1.82, 2.24) is 10.3 Å². The first kappa shape index (κ1) is 19.6. The highest BCUT2D eigenvalue weighted by Crippen LogP contribution is 2.30. The summed E-state index contributed by atoms with van der Waals surface area (Å²) < 4.78 is 11.7. The fraction of sp³-hybridized carbons (Fsp3) is 0.478. The summed E-state index contributed by atoms with van der Waals surface area (Å²) in [5, 5.41) is 3.09. The number of hydrogen-bond acceptors (Lipinski definition) is 5. The summed E-state index contributed by atoms with van der Waals surface area (Å²) in [6, 6.07) is 12.1. The standard InChI is InChI=1S/C23H29N3O3/c1-3-28-22-14-19(10-12-24-22)26-13-11-21(15-26)29-20-8-6-17(7-9-20)16(2)25-23(27)18-4-5-18/h6-10,12,14,16,18,21H,3-5,11,13,15H2,1-2H3,(H,25,27)/t16-,21+/m0/s1. The number of rotatable bonds is 8. The number of nitrogens with one attached hydrogen (secondary N) is 1. The minimum Gasteiger partial charge on any atom is -0.489 e. The SMILES string of the molecule is CCOc1cc(N2CC[C@@H](Oc3ccc([C@H](C)NC(=O)C4CC4)cc3)C2)ccn1. The van der Waals surface area contributed by atoms with Crippen molar-refractivity contribution in [2.24, 2.45) is 5.92 Å². The molecule has 2 heterocycles. The molecule has 0 unspecified atom stereocenters. The molecule has 0 bridgehead atoms. The van der Waals surface area contributed by atoms with Gasteiger partial charge in [-0.05, 0) is 50.5 Å². The van der Waals surface area contributed by atoms with Gasteiger partial charge in [0.15, 0.2) is 0 Å². The van der Waals surface area contributed by atoms with E-state index >= 15 is 0 Å². The number of anilines is 1. The van der Waals surface area contributed by atoms with Gasteiger partial charge in [0.2, 0.25) is 11.8 Å². The van der Waals surface area contributed by atoms with Crippen LogP contribution in [0.1, 0.15) is 44.7 Å². The lowest BCUT2D eigenvalue weighted by atomic mass is 10.1. The van der Waals surface area contributed by atoms with E-state index in [0.29, 0.717) is 12.5 Å². The van der Waals surface area contributed by atoms with Crippen molar-refractivity contribution in [1.29, 1.82) is 0 Å². The second-order valence-corrected chi connectivity index (χ2v) is 7.83. The van der Waals surface area contributed by atoms with E-state index in [1.807, 2.05) is 50.2 Å². The summed E-state index contributed by atoms with van der Waals surface area (Å²) >= 11 is 0. The molecule has 154 valence electrons. The van der Waals surface area contributed by atoms with Crippen LogP contribution in [0.5, 0.6) is 11.6 Å². The van der Waals surface area contributed by atoms with E-state index in [4.69, 9.17) is 9.47 Å². The predicted octanol–water partition coefficient (Wildman–Crippen LogP) is 3.73. The van der Waals surface area contributed by atoms with Crippen molar-refractivity contribution in [3.8, 4) is 11.6 Å². The van der Waals surface area contributed by atoms with Gasteiger partial charge in [0.25, 0.3) is 0 Å². The molecule has 1 aromatic heterocycles. The van der Waals surface area contributed by atoms with Crippen LogP contribution in [0.2, 0.25) is 0 Å². The molecule has 0 spiro atoms. The molecule has 2 fully saturated rings. The summed E-state index contributed by atoms with van der Waals surface area (Å²) in [7, 11) is 0. The largest absolute Gasteiger partial charge is 0.489 e. The average Bonchev–Trinajstić information content (AvgIpc) is 3.48. The number of pyridine rings is 1. The highest BCUT2D eigenvalue weighted by molar-refractivity contribution is 5.81. The van der Waals surface area contributed by atoms with Crippen molar-refractivity contribution in [3.05, 3.63) is 48.2 Å². The third-order valence-corrected chi connectivity index (χ3v) is 5.51. The first-order valence-electron chi connectivity index (χ1n) is 10.5. The number of hydrogen-bond donors (Lipinski definition) is 1. The summed E-state index contributed by atoms with van der Waals surface area (Å²) in [5.74, 6) is 1.93. The molecule has 0 radical (unpaired) electrons. The highest BCUT2D eigenvalue weighted by atomic mass is 16.5. The Morgan fingerprint density at radius 1 is 1.24 bits per heavy atom. The predicted molar refractivity (Wildman–Crippen MR) is 112 cm³/mol. The second-order valence-electron chi connectivity index (χ2n) is 7.83. The van der Waals surface area contributed by atoms with Crippen LogP contribution >= 0.6 is 0 Å². The quantitative estimate of drug-likeness (QED) is 0.738. The highest BCUT2D eigenvalue weighted by Gasteiger charge is 2.30. The van der Waals surface area contributed by atoms with E-state index < -0.39 is 0 Å². The molecule has 1 saturated carbocycles. The van der Waals surface area contributed by atoms with E-state index in [-0.39, 0.29) is 24.0 Å². The lowest BCUT2D eigenvalue weighted by Crippen LogP contribution is -2.27. The van der Waals surface area contributed by atoms with Gasteiger partial charge in [0.1, 0.15) is 11.9 Å². The molecule has 1 amide bonds. The summed E-state index contributed by atoms with van der Waals surface area (Å²) in [6.07, 6.45) is 4.96. The molecule has 6 heteroatoms. The molecule has 29 heavy (non-hydrogen) atoms. The van der Waals surface area contributed by atoms with Crippen LogP contribution in [0, 0.1) is 5.92 Å². The number of ether oxygens (including phenoxy) is 2. The minimum atomic E-state index is 0.0188. The number of aromatic nitrogens is 1. The van der Waals surface area contributed by atoms with Gasteiger partial charge in [-0.1, -0.05) is 12.1 Å². The summed E-state index contributed by atoms with van der Waals surface area (Å²) in [6.45, 7) is 6.38. The Labute approximate surface area is 172 Å². The molecule has 4 rings (SSSR count). The van der Waals surface area contributed by atoms with Gasteiger partial charge >= 0.3 is 0 Å². The Morgan fingerprint density at radius 3 is 2.76 bits per heavy atom. The second kappa shape index (κ2) is 8.72. The van der Waals surface area contributed by atoms with E-state index in [2.05, 4.69) is 15.2 Å². The van der Waals surface area contributed by atoms with E-state index in [0.717, 1.165) is 49.4 Å². The monoisotopic (exact) mass is 395 g/mol. The topological polar surface area (TPSA) is 63.7 Å². The molecular formula is C23H29N3O3. The number of carbonyl (C=O) groups excluding carboxylic acids is 1. The molecule has 2 aliphatic rings. The van der Waals surface area contributed by atoms with Crippen molar-refractivity contribution in [2.75, 3.05) is 24.6 Å². The molecule has 1 aliphatic carbocycles. The smallest absolute Gasteiger partial charge is 0.223 e. The molecule has 1 aromatic carbocycles. The molecule has 2 atom stereocenters. The summed E-state index contributed by atoms with van der Waals surface area (Å²) in [4.78, 5) is 18.5. The van der Waals surface area contributed by atoms with Gasteiger partial charge < -0.3 is 19.7 Å². The first-order valence-corrected chi connectivity index (χ1v) is 10.5. The third kappa shape index (κ3) is 5.00. The van der Waals surface area contributed by atoms with Gasteiger partial charge in [-0.25, -0.2) is 4.98 Å². The van der Waals surface area contributed by atoms with Crippen LogP contribution in [0.25, 0.3) is 0 Å². The zero-order valence-corrected chi connectivity index (χ0v) is 17.1. The Morgan fingerprint density at radius 2 is 2.03 bits per heavy atom. The molecule has 1 saturated heterocycles. The number of amides is 1. The van der Waals surface area contributed by atoms with Crippen LogP contribution in [-0.2, 0) is 4.79 Å². The maximum Gasteiger partial charge on any atom is 0.223 e. The zero-order valence-electron chi connectivity index (χ0n) is 17.1. The van der Waals surface area contributed by atoms with Crippen LogP contribution in [0.3, 0.4) is 0 Å². The Bertz CT molecular complexity index is 836. The molecule has 6 nitrogen and oxygen atoms in total. The van der Waals surface area contributed by atoms with E-state index in [1.54, 1.807) is 6.20 Å². The lowest BCUT2D eigenvalue weighted by molar-refractivity contribution is -0.122. The van der Waals surface area contributed by atoms with Crippen LogP contribution in [-0.4, -0.2) is 36.7 Å². The minimum absolute atomic E-state index is 0.0188. The Kier molecular flexibility index (Phi) is 5.88. The molecule has 1 N–H and O–H groups in total. The fourth-order valence-corrected chi connectivity index (χ4v) is 3.67. The van der Waals surface area contributed by atoms with Gasteiger partial charge in [-0.3, -0.25) is 4.79 Å². The van der Waals surface area contributed by atoms with Gasteiger partial charge in [-0.15, -0.1) is 0 Å². The zero-order chi connectivity index (χ0) is 20.2. The third-order valence-electron chi connectivity index (χ3n) is 5.51. The van der Waals surface area contributed by atoms with Crippen molar-refractivity contribution < 1.29 is 14.3 Å². The average molecular weight is 396 g/mol. The van der Waals surface area contributed by atoms with Crippen LogP contribution in [0.15, 0.2) is 42.6 Å². The maximum atomic E-state index is 11.9. The number of nitrogens with zero attached hydrogens (tertiary/aromatic N) is 2. The molecule has 2 aromatic rings. The normalized spacial score (nSPS) is 19.7. The van der Waals surface area contributed by atoms with Gasteiger partial charge in [0.05, 0.1) is 19.2 Å². The maximum absolute atomic E-state index is 11.9. The van der Waals surface area contributed by atoms with Crippen molar-refractivity contribution >= 4 is 11.6 Å². The fourth-order valence-electron chi connectivity index (χ4n) is 3.67. The summed E-state index contributed by atoms with van der Waals surface area (Å²) in [5.41, 5.74) is 2.21.